The van der Waals surface area contributed by atoms with Crippen molar-refractivity contribution < 1.29 is 13.7 Å². The van der Waals surface area contributed by atoms with Gasteiger partial charge in [0.25, 0.3) is 5.91 Å². The second-order valence-electron chi connectivity index (χ2n) is 7.12. The molecule has 0 aliphatic rings. The molecule has 0 radical (unpaired) electrons. The van der Waals surface area contributed by atoms with E-state index >= 15 is 0 Å². The third kappa shape index (κ3) is 3.61. The number of carbonyl (C=O) groups is 1. The van der Waals surface area contributed by atoms with E-state index in [0.29, 0.717) is 33.4 Å². The Morgan fingerprint density at radius 1 is 1.09 bits per heavy atom. The molecule has 0 unspecified atom stereocenters. The van der Waals surface area contributed by atoms with Crippen LogP contribution in [0, 0.1) is 12.7 Å². The lowest BCUT2D eigenvalue weighted by Crippen LogP contribution is -2.14. The summed E-state index contributed by atoms with van der Waals surface area (Å²) >= 11 is 5.98. The van der Waals surface area contributed by atoms with Gasteiger partial charge in [0.2, 0.25) is 0 Å². The number of nitrogens with zero attached hydrogens (tertiary/aromatic N) is 4. The van der Waals surface area contributed by atoms with Gasteiger partial charge >= 0.3 is 0 Å². The molecule has 0 aliphatic carbocycles. The van der Waals surface area contributed by atoms with Crippen molar-refractivity contribution in [3.8, 4) is 17.0 Å². The molecule has 1 N–H and O–H groups in total. The van der Waals surface area contributed by atoms with Crippen LogP contribution in [0.2, 0.25) is 5.02 Å². The smallest absolute Gasteiger partial charge is 0.278 e. The third-order valence-corrected chi connectivity index (χ3v) is 5.26. The summed E-state index contributed by atoms with van der Waals surface area (Å²) in [7, 11) is 0. The maximum absolute atomic E-state index is 13.4. The number of nitrogens with one attached hydrogen (secondary N) is 1. The summed E-state index contributed by atoms with van der Waals surface area (Å²) in [5.74, 6) is -0.325. The van der Waals surface area contributed by atoms with Gasteiger partial charge in [0.1, 0.15) is 11.3 Å². The van der Waals surface area contributed by atoms with Gasteiger partial charge in [0, 0.05) is 16.3 Å². The average Bonchev–Trinajstić information content (AvgIpc) is 3.37. The molecule has 5 aromatic rings. The molecule has 1 amide bonds. The van der Waals surface area contributed by atoms with Gasteiger partial charge in [-0.2, -0.15) is 0 Å². The van der Waals surface area contributed by atoms with Crippen molar-refractivity contribution in [2.24, 2.45) is 0 Å². The van der Waals surface area contributed by atoms with Crippen LogP contribution in [0.15, 0.2) is 71.3 Å². The first-order chi connectivity index (χ1) is 15.5. The average molecular weight is 448 g/mol. The molecule has 5 rings (SSSR count). The molecular weight excluding hydrogens is 433 g/mol. The van der Waals surface area contributed by atoms with E-state index in [1.54, 1.807) is 35.9 Å². The minimum Gasteiger partial charge on any atom is -0.355 e. The summed E-state index contributed by atoms with van der Waals surface area (Å²) in [6, 6.07) is 18.4. The van der Waals surface area contributed by atoms with Crippen molar-refractivity contribution >= 4 is 34.1 Å². The summed E-state index contributed by atoms with van der Waals surface area (Å²) in [5.41, 5.74) is 3.20. The van der Waals surface area contributed by atoms with E-state index < -0.39 is 11.7 Å². The second kappa shape index (κ2) is 7.90. The molecule has 0 spiro atoms. The van der Waals surface area contributed by atoms with Gasteiger partial charge in [0.05, 0.1) is 16.8 Å². The van der Waals surface area contributed by atoms with Crippen LogP contribution in [0.4, 0.5) is 10.1 Å². The SMILES string of the molecule is Cc1c(C(=O)Nc2cccc(F)c2)nnn1-c1ccc2noc(-c3ccc(Cl)cc3)c2c1. The van der Waals surface area contributed by atoms with Gasteiger partial charge in [-0.1, -0.05) is 28.0 Å². The van der Waals surface area contributed by atoms with Gasteiger partial charge < -0.3 is 9.84 Å². The van der Waals surface area contributed by atoms with Crippen LogP contribution < -0.4 is 5.32 Å². The summed E-state index contributed by atoms with van der Waals surface area (Å²) < 4.78 is 20.5. The molecule has 32 heavy (non-hydrogen) atoms. The highest BCUT2D eigenvalue weighted by atomic mass is 35.5. The first-order valence-electron chi connectivity index (χ1n) is 9.64. The molecule has 7 nitrogen and oxygen atoms in total. The molecule has 2 aromatic heterocycles. The second-order valence-corrected chi connectivity index (χ2v) is 7.56. The van der Waals surface area contributed by atoms with Crippen molar-refractivity contribution in [1.29, 1.82) is 0 Å². The number of anilines is 1. The summed E-state index contributed by atoms with van der Waals surface area (Å²) in [4.78, 5) is 12.6. The molecule has 9 heteroatoms. The van der Waals surface area contributed by atoms with Gasteiger partial charge in [-0.3, -0.25) is 4.79 Å². The monoisotopic (exact) mass is 447 g/mol. The molecule has 3 aromatic carbocycles. The van der Waals surface area contributed by atoms with Crippen LogP contribution in [-0.4, -0.2) is 26.1 Å². The molecule has 0 saturated heterocycles. The zero-order valence-corrected chi connectivity index (χ0v) is 17.5. The molecule has 0 fully saturated rings. The summed E-state index contributed by atoms with van der Waals surface area (Å²) in [5, 5.41) is 16.3. The summed E-state index contributed by atoms with van der Waals surface area (Å²) in [6.45, 7) is 1.73. The molecular formula is C23H15ClFN5O2. The summed E-state index contributed by atoms with van der Waals surface area (Å²) in [6.07, 6.45) is 0. The zero-order chi connectivity index (χ0) is 22.2. The largest absolute Gasteiger partial charge is 0.355 e. The fourth-order valence-electron chi connectivity index (χ4n) is 3.41. The Labute approximate surface area is 186 Å². The van der Waals surface area contributed by atoms with Gasteiger partial charge in [-0.15, -0.1) is 5.10 Å². The van der Waals surface area contributed by atoms with E-state index in [9.17, 15) is 9.18 Å². The number of aromatic nitrogens is 4. The fraction of sp³-hybridized carbons (Fsp3) is 0.0435. The van der Waals surface area contributed by atoms with E-state index in [4.69, 9.17) is 16.1 Å². The maximum atomic E-state index is 13.4. The molecule has 0 atom stereocenters. The van der Waals surface area contributed by atoms with E-state index in [1.165, 1.54) is 18.2 Å². The van der Waals surface area contributed by atoms with Gasteiger partial charge in [0.15, 0.2) is 11.5 Å². The van der Waals surface area contributed by atoms with Crippen LogP contribution in [0.5, 0.6) is 0 Å². The highest BCUT2D eigenvalue weighted by molar-refractivity contribution is 6.30. The number of benzene rings is 3. The fourth-order valence-corrected chi connectivity index (χ4v) is 3.54. The normalized spacial score (nSPS) is 11.1. The predicted octanol–water partition coefficient (Wildman–Crippen LogP) is 5.43. The maximum Gasteiger partial charge on any atom is 0.278 e. The van der Waals surface area contributed by atoms with Crippen LogP contribution >= 0.6 is 11.6 Å². The van der Waals surface area contributed by atoms with Crippen molar-refractivity contribution in [2.75, 3.05) is 5.32 Å². The standard InChI is InChI=1S/C23H15ClFN5O2/c1-13-21(23(31)26-17-4-2-3-16(25)11-17)27-29-30(13)18-9-10-20-19(12-18)22(32-28-20)14-5-7-15(24)8-6-14/h2-12H,1H3,(H,26,31). The van der Waals surface area contributed by atoms with Crippen molar-refractivity contribution in [2.45, 2.75) is 6.92 Å². The lowest BCUT2D eigenvalue weighted by atomic mass is 10.1. The number of halogens is 2. The van der Waals surface area contributed by atoms with Crippen LogP contribution in [0.3, 0.4) is 0 Å². The third-order valence-electron chi connectivity index (χ3n) is 5.00. The Morgan fingerprint density at radius 2 is 1.91 bits per heavy atom. The van der Waals surface area contributed by atoms with E-state index in [1.807, 2.05) is 24.3 Å². The van der Waals surface area contributed by atoms with Crippen LogP contribution in [0.1, 0.15) is 16.2 Å². The van der Waals surface area contributed by atoms with Crippen LogP contribution in [0.25, 0.3) is 27.9 Å². The number of carbonyl (C=O) groups excluding carboxylic acids is 1. The van der Waals surface area contributed by atoms with Crippen molar-refractivity contribution in [3.63, 3.8) is 0 Å². The van der Waals surface area contributed by atoms with E-state index in [0.717, 1.165) is 10.9 Å². The number of hydrogen-bond donors (Lipinski definition) is 1. The van der Waals surface area contributed by atoms with Crippen LogP contribution in [-0.2, 0) is 0 Å². The Morgan fingerprint density at radius 3 is 2.69 bits per heavy atom. The molecule has 0 saturated carbocycles. The molecule has 158 valence electrons. The Bertz CT molecular complexity index is 1460. The Hall–Kier alpha value is -4.04. The number of rotatable bonds is 4. The van der Waals surface area contributed by atoms with E-state index in [-0.39, 0.29) is 5.69 Å². The van der Waals surface area contributed by atoms with Gasteiger partial charge in [-0.25, -0.2) is 9.07 Å². The predicted molar refractivity (Wildman–Crippen MR) is 118 cm³/mol. The molecule has 0 bridgehead atoms. The zero-order valence-electron chi connectivity index (χ0n) is 16.7. The number of fused-ring (bicyclic) bond motifs is 1. The minimum atomic E-state index is -0.479. The quantitative estimate of drug-likeness (QED) is 0.397. The van der Waals surface area contributed by atoms with Gasteiger partial charge in [-0.05, 0) is 67.6 Å². The first kappa shape index (κ1) is 19.9. The lowest BCUT2D eigenvalue weighted by Gasteiger charge is -2.06. The molecule has 2 heterocycles. The lowest BCUT2D eigenvalue weighted by molar-refractivity contribution is 0.102. The Kier molecular flexibility index (Phi) is 4.91. The molecule has 0 aliphatic heterocycles. The Balaban J connectivity index is 1.49. The van der Waals surface area contributed by atoms with Crippen molar-refractivity contribution in [1.82, 2.24) is 20.2 Å². The highest BCUT2D eigenvalue weighted by Crippen LogP contribution is 2.31. The highest BCUT2D eigenvalue weighted by Gasteiger charge is 2.19. The topological polar surface area (TPSA) is 85.8 Å². The minimum absolute atomic E-state index is 0.137. The number of amides is 1. The van der Waals surface area contributed by atoms with Crippen molar-refractivity contribution in [3.05, 3.63) is 89.0 Å². The van der Waals surface area contributed by atoms with E-state index in [2.05, 4.69) is 20.8 Å². The number of hydrogen-bond acceptors (Lipinski definition) is 5. The first-order valence-corrected chi connectivity index (χ1v) is 10.0.